The molecule has 0 bridgehead atoms. The van der Waals surface area contributed by atoms with Gasteiger partial charge in [0.25, 0.3) is 0 Å². The average molecular weight is 378 g/mol. The lowest BCUT2D eigenvalue weighted by molar-refractivity contribution is -0.121. The number of nitrogens with one attached hydrogen (secondary N) is 2. The van der Waals surface area contributed by atoms with E-state index in [9.17, 15) is 9.59 Å². The monoisotopic (exact) mass is 378 g/mol. The molecule has 2 heterocycles. The third-order valence-corrected chi connectivity index (χ3v) is 4.52. The molecule has 9 nitrogen and oxygen atoms in total. The summed E-state index contributed by atoms with van der Waals surface area (Å²) in [5, 5.41) is 4.90. The topological polar surface area (TPSA) is 92.4 Å². The van der Waals surface area contributed by atoms with Crippen molar-refractivity contribution >= 4 is 11.9 Å². The molecule has 2 aliphatic rings. The molecule has 1 fully saturated rings. The van der Waals surface area contributed by atoms with Crippen LogP contribution in [-0.2, 0) is 16.1 Å². The highest BCUT2D eigenvalue weighted by atomic mass is 16.7. The average Bonchev–Trinajstić information content (AvgIpc) is 3.11. The predicted octanol–water partition coefficient (Wildman–Crippen LogP) is 0.00510. The molecule has 1 aromatic rings. The van der Waals surface area contributed by atoms with Crippen LogP contribution >= 0.6 is 0 Å². The van der Waals surface area contributed by atoms with Crippen molar-refractivity contribution in [3.8, 4) is 11.5 Å². The number of methoxy groups -OCH3 is 1. The Morgan fingerprint density at radius 2 is 1.85 bits per heavy atom. The van der Waals surface area contributed by atoms with E-state index in [1.807, 2.05) is 17.0 Å². The maximum Gasteiger partial charge on any atom is 0.321 e. The molecule has 0 radical (unpaired) electrons. The number of nitrogens with zero attached hydrogens (tertiary/aromatic N) is 2. The second kappa shape index (κ2) is 9.54. The summed E-state index contributed by atoms with van der Waals surface area (Å²) in [7, 11) is 1.55. The van der Waals surface area contributed by atoms with Gasteiger partial charge in [0.15, 0.2) is 11.5 Å². The van der Waals surface area contributed by atoms with E-state index >= 15 is 0 Å². The van der Waals surface area contributed by atoms with Crippen molar-refractivity contribution in [3.05, 3.63) is 23.8 Å². The summed E-state index contributed by atoms with van der Waals surface area (Å²) in [5.74, 6) is 1.29. The zero-order chi connectivity index (χ0) is 19.1. The van der Waals surface area contributed by atoms with Gasteiger partial charge in [-0.3, -0.25) is 19.9 Å². The molecule has 0 aromatic heterocycles. The molecular weight excluding hydrogens is 352 g/mol. The molecule has 0 saturated carbocycles. The van der Waals surface area contributed by atoms with E-state index in [4.69, 9.17) is 14.2 Å². The molecular formula is C18H26N4O5. The zero-order valence-corrected chi connectivity index (χ0v) is 15.5. The van der Waals surface area contributed by atoms with E-state index < -0.39 is 6.03 Å². The molecule has 1 aromatic carbocycles. The first-order valence-corrected chi connectivity index (χ1v) is 9.04. The molecule has 27 heavy (non-hydrogen) atoms. The molecule has 2 aliphatic heterocycles. The third kappa shape index (κ3) is 5.81. The molecule has 148 valence electrons. The lowest BCUT2D eigenvalue weighted by atomic mass is 10.1. The number of piperazine rings is 1. The predicted molar refractivity (Wildman–Crippen MR) is 97.7 cm³/mol. The Hall–Kier alpha value is -2.36. The van der Waals surface area contributed by atoms with Gasteiger partial charge in [0.05, 0.1) is 13.2 Å². The third-order valence-electron chi connectivity index (χ3n) is 4.52. The van der Waals surface area contributed by atoms with Crippen LogP contribution in [0.3, 0.4) is 0 Å². The molecule has 0 atom stereocenters. The Morgan fingerprint density at radius 3 is 2.63 bits per heavy atom. The Bertz CT molecular complexity index is 661. The van der Waals surface area contributed by atoms with Gasteiger partial charge < -0.3 is 19.5 Å². The van der Waals surface area contributed by atoms with Gasteiger partial charge in [0.1, 0.15) is 0 Å². The maximum absolute atomic E-state index is 12.0. The maximum atomic E-state index is 12.0. The number of imide groups is 1. The highest BCUT2D eigenvalue weighted by Gasteiger charge is 2.21. The minimum absolute atomic E-state index is 0.218. The summed E-state index contributed by atoms with van der Waals surface area (Å²) in [5.41, 5.74) is 1.18. The fourth-order valence-electron chi connectivity index (χ4n) is 3.08. The van der Waals surface area contributed by atoms with Crippen molar-refractivity contribution in [2.45, 2.75) is 6.54 Å². The highest BCUT2D eigenvalue weighted by molar-refractivity contribution is 5.95. The second-order valence-electron chi connectivity index (χ2n) is 6.54. The fraction of sp³-hybridized carbons (Fsp3) is 0.556. The number of hydrogen-bond donors (Lipinski definition) is 2. The number of carbonyl (C=O) groups excluding carboxylic acids is 2. The normalized spacial score (nSPS) is 16.9. The van der Waals surface area contributed by atoms with Crippen LogP contribution in [0, 0.1) is 0 Å². The van der Waals surface area contributed by atoms with Crippen molar-refractivity contribution < 1.29 is 23.8 Å². The molecule has 0 unspecified atom stereocenters. The van der Waals surface area contributed by atoms with Gasteiger partial charge in [-0.2, -0.15) is 0 Å². The van der Waals surface area contributed by atoms with Gasteiger partial charge in [-0.05, 0) is 17.7 Å². The van der Waals surface area contributed by atoms with Crippen LogP contribution in [0.25, 0.3) is 0 Å². The first kappa shape index (κ1) is 19.4. The lowest BCUT2D eigenvalue weighted by Gasteiger charge is -2.34. The van der Waals surface area contributed by atoms with E-state index in [1.165, 1.54) is 5.56 Å². The first-order chi connectivity index (χ1) is 13.1. The molecule has 3 amide bonds. The number of fused-ring (bicyclic) bond motifs is 1. The summed E-state index contributed by atoms with van der Waals surface area (Å²) in [6.45, 7) is 5.40. The van der Waals surface area contributed by atoms with E-state index in [0.717, 1.165) is 44.2 Å². The summed E-state index contributed by atoms with van der Waals surface area (Å²) >= 11 is 0. The summed E-state index contributed by atoms with van der Waals surface area (Å²) in [6, 6.07) is 5.52. The Kier molecular flexibility index (Phi) is 6.86. The van der Waals surface area contributed by atoms with Crippen LogP contribution in [0.15, 0.2) is 18.2 Å². The number of rotatable bonds is 7. The number of hydrogen-bond acceptors (Lipinski definition) is 7. The minimum atomic E-state index is -0.488. The standard InChI is InChI=1S/C18H26N4O5/c1-25-9-4-19-18(24)20-17(23)12-22-7-5-21(6-8-22)11-14-2-3-15-16(10-14)27-13-26-15/h2-3,10H,4-9,11-13H2,1H3,(H2,19,20,23,24). The number of carbonyl (C=O) groups is 2. The van der Waals surface area contributed by atoms with Crippen LogP contribution in [-0.4, -0.2) is 81.5 Å². The molecule has 9 heteroatoms. The van der Waals surface area contributed by atoms with Crippen LogP contribution in [0.4, 0.5) is 4.79 Å². The van der Waals surface area contributed by atoms with E-state index in [0.29, 0.717) is 13.2 Å². The lowest BCUT2D eigenvalue weighted by Crippen LogP contribution is -2.50. The van der Waals surface area contributed by atoms with Crippen molar-refractivity contribution in [2.75, 3.05) is 59.8 Å². The fourth-order valence-corrected chi connectivity index (χ4v) is 3.08. The Labute approximate surface area is 158 Å². The SMILES string of the molecule is COCCNC(=O)NC(=O)CN1CCN(Cc2ccc3c(c2)OCO3)CC1. The summed E-state index contributed by atoms with van der Waals surface area (Å²) in [6.07, 6.45) is 0. The number of benzene rings is 1. The van der Waals surface area contributed by atoms with Crippen molar-refractivity contribution in [1.29, 1.82) is 0 Å². The van der Waals surface area contributed by atoms with Crippen molar-refractivity contribution in [1.82, 2.24) is 20.4 Å². The number of ether oxygens (including phenoxy) is 3. The zero-order valence-electron chi connectivity index (χ0n) is 15.5. The van der Waals surface area contributed by atoms with Crippen LogP contribution in [0.5, 0.6) is 11.5 Å². The van der Waals surface area contributed by atoms with Crippen LogP contribution < -0.4 is 20.1 Å². The minimum Gasteiger partial charge on any atom is -0.454 e. The summed E-state index contributed by atoms with van der Waals surface area (Å²) in [4.78, 5) is 27.9. The van der Waals surface area contributed by atoms with Gasteiger partial charge in [0, 0.05) is 46.4 Å². The van der Waals surface area contributed by atoms with Crippen molar-refractivity contribution in [2.24, 2.45) is 0 Å². The molecule has 1 saturated heterocycles. The van der Waals surface area contributed by atoms with Crippen molar-refractivity contribution in [3.63, 3.8) is 0 Å². The van der Waals surface area contributed by atoms with E-state index in [-0.39, 0.29) is 19.2 Å². The highest BCUT2D eigenvalue weighted by Crippen LogP contribution is 2.32. The van der Waals surface area contributed by atoms with Gasteiger partial charge in [-0.1, -0.05) is 6.07 Å². The van der Waals surface area contributed by atoms with Gasteiger partial charge in [0.2, 0.25) is 12.7 Å². The van der Waals surface area contributed by atoms with E-state index in [2.05, 4.69) is 21.6 Å². The smallest absolute Gasteiger partial charge is 0.321 e. The summed E-state index contributed by atoms with van der Waals surface area (Å²) < 4.78 is 15.6. The molecule has 0 aliphatic carbocycles. The Balaban J connectivity index is 1.36. The first-order valence-electron chi connectivity index (χ1n) is 9.04. The quantitative estimate of drug-likeness (QED) is 0.646. The largest absolute Gasteiger partial charge is 0.454 e. The van der Waals surface area contributed by atoms with Gasteiger partial charge in [-0.15, -0.1) is 0 Å². The van der Waals surface area contributed by atoms with E-state index in [1.54, 1.807) is 7.11 Å². The second-order valence-corrected chi connectivity index (χ2v) is 6.54. The molecule has 3 rings (SSSR count). The van der Waals surface area contributed by atoms with Gasteiger partial charge in [-0.25, -0.2) is 4.79 Å². The molecule has 2 N–H and O–H groups in total. The number of urea groups is 1. The van der Waals surface area contributed by atoms with Crippen LogP contribution in [0.1, 0.15) is 5.56 Å². The molecule has 0 spiro atoms. The number of amides is 3. The van der Waals surface area contributed by atoms with Gasteiger partial charge >= 0.3 is 6.03 Å². The van der Waals surface area contributed by atoms with Crippen LogP contribution in [0.2, 0.25) is 0 Å². The Morgan fingerprint density at radius 1 is 1.11 bits per heavy atom.